The smallest absolute Gasteiger partial charge is 0.156 e. The third-order valence-corrected chi connectivity index (χ3v) is 2.76. The van der Waals surface area contributed by atoms with E-state index in [0.29, 0.717) is 6.54 Å². The summed E-state index contributed by atoms with van der Waals surface area (Å²) in [7, 11) is 0. The molecule has 1 aliphatic rings. The SMILES string of the molecule is CC1NC(Cl)CNC1C(=O)C(C)(C)C. The molecule has 0 aromatic rings. The van der Waals surface area contributed by atoms with E-state index < -0.39 is 0 Å². The van der Waals surface area contributed by atoms with Gasteiger partial charge >= 0.3 is 0 Å². The second-order valence-corrected chi connectivity index (χ2v) is 5.45. The lowest BCUT2D eigenvalue weighted by Crippen LogP contribution is -2.62. The highest BCUT2D eigenvalue weighted by molar-refractivity contribution is 6.20. The molecular formula is C10H19ClN2O. The first-order valence-electron chi connectivity index (χ1n) is 5.00. The summed E-state index contributed by atoms with van der Waals surface area (Å²) in [4.78, 5) is 12.0. The van der Waals surface area contributed by atoms with Crippen molar-refractivity contribution in [1.29, 1.82) is 0 Å². The van der Waals surface area contributed by atoms with Crippen molar-refractivity contribution >= 4 is 17.4 Å². The molecule has 1 heterocycles. The number of carbonyl (C=O) groups excluding carboxylic acids is 1. The van der Waals surface area contributed by atoms with Crippen LogP contribution >= 0.6 is 11.6 Å². The largest absolute Gasteiger partial charge is 0.303 e. The second-order valence-electron chi connectivity index (χ2n) is 4.92. The van der Waals surface area contributed by atoms with Crippen LogP contribution in [0.5, 0.6) is 0 Å². The van der Waals surface area contributed by atoms with Gasteiger partial charge in [-0.2, -0.15) is 0 Å². The highest BCUT2D eigenvalue weighted by Crippen LogP contribution is 2.20. The van der Waals surface area contributed by atoms with E-state index in [9.17, 15) is 4.79 Å². The van der Waals surface area contributed by atoms with Crippen LogP contribution in [0.2, 0.25) is 0 Å². The molecule has 0 aromatic heterocycles. The van der Waals surface area contributed by atoms with Gasteiger partial charge < -0.3 is 5.32 Å². The van der Waals surface area contributed by atoms with E-state index in [2.05, 4.69) is 10.6 Å². The number of piperazine rings is 1. The molecule has 0 spiro atoms. The van der Waals surface area contributed by atoms with Crippen molar-refractivity contribution in [2.75, 3.05) is 6.54 Å². The molecule has 0 saturated carbocycles. The maximum Gasteiger partial charge on any atom is 0.156 e. The van der Waals surface area contributed by atoms with Crippen LogP contribution in [0.3, 0.4) is 0 Å². The van der Waals surface area contributed by atoms with Crippen LogP contribution in [0.4, 0.5) is 0 Å². The fourth-order valence-electron chi connectivity index (χ4n) is 1.63. The molecule has 82 valence electrons. The molecule has 0 bridgehead atoms. The predicted molar refractivity (Wildman–Crippen MR) is 58.5 cm³/mol. The van der Waals surface area contributed by atoms with Crippen LogP contribution in [-0.2, 0) is 4.79 Å². The molecular weight excluding hydrogens is 200 g/mol. The number of nitrogens with one attached hydrogen (secondary N) is 2. The number of Topliss-reactive ketones (excluding diaryl/α,β-unsaturated/α-hetero) is 1. The van der Waals surface area contributed by atoms with Crippen molar-refractivity contribution in [2.45, 2.75) is 45.3 Å². The van der Waals surface area contributed by atoms with Crippen molar-refractivity contribution in [2.24, 2.45) is 5.41 Å². The molecule has 3 nitrogen and oxygen atoms in total. The highest BCUT2D eigenvalue weighted by Gasteiger charge is 2.36. The fraction of sp³-hybridized carbons (Fsp3) is 0.900. The zero-order valence-electron chi connectivity index (χ0n) is 9.23. The first kappa shape index (κ1) is 12.0. The number of alkyl halides is 1. The van der Waals surface area contributed by atoms with E-state index >= 15 is 0 Å². The Morgan fingerprint density at radius 3 is 2.43 bits per heavy atom. The van der Waals surface area contributed by atoms with Crippen LogP contribution < -0.4 is 10.6 Å². The molecule has 0 amide bonds. The van der Waals surface area contributed by atoms with Crippen LogP contribution in [0.25, 0.3) is 0 Å². The summed E-state index contributed by atoms with van der Waals surface area (Å²) in [6.45, 7) is 8.44. The number of ketones is 1. The van der Waals surface area contributed by atoms with Gasteiger partial charge in [0.2, 0.25) is 0 Å². The lowest BCUT2D eigenvalue weighted by atomic mass is 9.83. The van der Waals surface area contributed by atoms with Gasteiger partial charge in [0.1, 0.15) is 0 Å². The van der Waals surface area contributed by atoms with Gasteiger partial charge in [-0.25, -0.2) is 0 Å². The molecule has 1 saturated heterocycles. The number of rotatable bonds is 1. The average Bonchev–Trinajstić information content (AvgIpc) is 2.01. The first-order valence-corrected chi connectivity index (χ1v) is 5.44. The quantitative estimate of drug-likeness (QED) is 0.512. The minimum absolute atomic E-state index is 0.0750. The summed E-state index contributed by atoms with van der Waals surface area (Å²) in [6, 6.07) is -0.0250. The Morgan fingerprint density at radius 2 is 2.00 bits per heavy atom. The number of hydrogen-bond donors (Lipinski definition) is 2. The van der Waals surface area contributed by atoms with Crippen molar-refractivity contribution in [3.8, 4) is 0 Å². The van der Waals surface area contributed by atoms with E-state index in [1.807, 2.05) is 27.7 Å². The molecule has 2 N–H and O–H groups in total. The average molecular weight is 219 g/mol. The standard InChI is InChI=1S/C10H19ClN2O/c1-6-8(9(14)10(2,3)4)12-5-7(11)13-6/h6-8,12-13H,5H2,1-4H3. The molecule has 0 radical (unpaired) electrons. The molecule has 3 unspecified atom stereocenters. The Labute approximate surface area is 90.6 Å². The van der Waals surface area contributed by atoms with E-state index in [1.54, 1.807) is 0 Å². The van der Waals surface area contributed by atoms with Gasteiger partial charge in [-0.05, 0) is 6.92 Å². The van der Waals surface area contributed by atoms with Gasteiger partial charge in [-0.15, -0.1) is 11.6 Å². The lowest BCUT2D eigenvalue weighted by Gasteiger charge is -2.36. The number of carbonyl (C=O) groups is 1. The summed E-state index contributed by atoms with van der Waals surface area (Å²) in [5.74, 6) is 0.237. The summed E-state index contributed by atoms with van der Waals surface area (Å²) < 4.78 is 0. The normalized spacial score (nSPS) is 34.2. The second kappa shape index (κ2) is 4.17. The molecule has 3 atom stereocenters. The van der Waals surface area contributed by atoms with Crippen molar-refractivity contribution in [3.05, 3.63) is 0 Å². The maximum absolute atomic E-state index is 12.0. The Morgan fingerprint density at radius 1 is 1.43 bits per heavy atom. The Kier molecular flexibility index (Phi) is 3.56. The van der Waals surface area contributed by atoms with E-state index in [4.69, 9.17) is 11.6 Å². The Bertz CT molecular complexity index is 225. The lowest BCUT2D eigenvalue weighted by molar-refractivity contribution is -0.129. The van der Waals surface area contributed by atoms with Crippen LogP contribution in [0.15, 0.2) is 0 Å². The van der Waals surface area contributed by atoms with Gasteiger partial charge in [0.05, 0.1) is 11.5 Å². The zero-order chi connectivity index (χ0) is 10.9. The third kappa shape index (κ3) is 2.69. The van der Waals surface area contributed by atoms with E-state index in [1.165, 1.54) is 0 Å². The molecule has 0 aliphatic carbocycles. The van der Waals surface area contributed by atoms with Crippen LogP contribution in [0.1, 0.15) is 27.7 Å². The Balaban J connectivity index is 2.65. The molecule has 1 fully saturated rings. The minimum Gasteiger partial charge on any atom is -0.303 e. The molecule has 0 aromatic carbocycles. The van der Waals surface area contributed by atoms with Gasteiger partial charge in [0.15, 0.2) is 5.78 Å². The summed E-state index contributed by atoms with van der Waals surface area (Å²) in [5.41, 5.74) is -0.374. The van der Waals surface area contributed by atoms with Crippen LogP contribution in [-0.4, -0.2) is 29.9 Å². The molecule has 1 rings (SSSR count). The molecule has 4 heteroatoms. The van der Waals surface area contributed by atoms with Crippen molar-refractivity contribution in [3.63, 3.8) is 0 Å². The van der Waals surface area contributed by atoms with Gasteiger partial charge in [0.25, 0.3) is 0 Å². The van der Waals surface area contributed by atoms with Crippen molar-refractivity contribution < 1.29 is 4.79 Å². The molecule has 1 aliphatic heterocycles. The van der Waals surface area contributed by atoms with E-state index in [0.717, 1.165) is 0 Å². The first-order chi connectivity index (χ1) is 6.32. The third-order valence-electron chi connectivity index (χ3n) is 2.48. The molecule has 14 heavy (non-hydrogen) atoms. The number of hydrogen-bond acceptors (Lipinski definition) is 3. The highest BCUT2D eigenvalue weighted by atomic mass is 35.5. The summed E-state index contributed by atoms with van der Waals surface area (Å²) in [5, 5.41) is 6.35. The zero-order valence-corrected chi connectivity index (χ0v) is 9.98. The minimum atomic E-state index is -0.299. The van der Waals surface area contributed by atoms with Gasteiger partial charge in [-0.1, -0.05) is 20.8 Å². The van der Waals surface area contributed by atoms with Gasteiger partial charge in [0, 0.05) is 18.0 Å². The van der Waals surface area contributed by atoms with E-state index in [-0.39, 0.29) is 28.8 Å². The summed E-state index contributed by atoms with van der Waals surface area (Å²) in [6.07, 6.45) is 0. The predicted octanol–water partition coefficient (Wildman–Crippen LogP) is 1.12. The fourth-order valence-corrected chi connectivity index (χ4v) is 1.92. The number of halogens is 1. The monoisotopic (exact) mass is 218 g/mol. The Hall–Kier alpha value is -0.120. The van der Waals surface area contributed by atoms with Crippen molar-refractivity contribution in [1.82, 2.24) is 10.6 Å². The van der Waals surface area contributed by atoms with Gasteiger partial charge in [-0.3, -0.25) is 10.1 Å². The maximum atomic E-state index is 12.0. The summed E-state index contributed by atoms with van der Waals surface area (Å²) >= 11 is 5.91. The van der Waals surface area contributed by atoms with Crippen LogP contribution in [0, 0.1) is 5.41 Å². The topological polar surface area (TPSA) is 41.1 Å².